The van der Waals surface area contributed by atoms with Gasteiger partial charge in [0.2, 0.25) is 0 Å². The molecule has 0 aliphatic rings. The number of carbonyl (C=O) groups is 2. The molecule has 3 aromatic carbocycles. The Balaban J connectivity index is 1.44. The van der Waals surface area contributed by atoms with E-state index in [1.807, 2.05) is 12.1 Å². The van der Waals surface area contributed by atoms with Crippen molar-refractivity contribution >= 4 is 40.2 Å². The van der Waals surface area contributed by atoms with Crippen molar-refractivity contribution in [2.24, 2.45) is 5.10 Å². The van der Waals surface area contributed by atoms with Crippen molar-refractivity contribution in [1.29, 1.82) is 0 Å². The molecule has 1 aromatic heterocycles. The SMILES string of the molecule is O=C(Oc1cccc(/C=N/NC(=O)c2ccc3ccccc3c2O)c1)c1cccs1. The van der Waals surface area contributed by atoms with Crippen LogP contribution in [0.4, 0.5) is 0 Å². The number of benzene rings is 3. The van der Waals surface area contributed by atoms with Crippen LogP contribution in [0.2, 0.25) is 0 Å². The monoisotopic (exact) mass is 416 g/mol. The van der Waals surface area contributed by atoms with Gasteiger partial charge in [-0.15, -0.1) is 11.3 Å². The van der Waals surface area contributed by atoms with Gasteiger partial charge in [-0.2, -0.15) is 5.10 Å². The predicted octanol–water partition coefficient (Wildman–Crippen LogP) is 4.59. The van der Waals surface area contributed by atoms with Crippen molar-refractivity contribution in [2.75, 3.05) is 0 Å². The molecular weight excluding hydrogens is 400 g/mol. The van der Waals surface area contributed by atoms with Gasteiger partial charge in [-0.1, -0.05) is 48.5 Å². The molecule has 0 aliphatic heterocycles. The largest absolute Gasteiger partial charge is 0.506 e. The normalized spacial score (nSPS) is 10.9. The van der Waals surface area contributed by atoms with Gasteiger partial charge in [-0.3, -0.25) is 4.79 Å². The standard InChI is InChI=1S/C23H16N2O4S/c26-21-18-8-2-1-6-16(18)10-11-19(21)22(27)25-24-14-15-5-3-7-17(13-15)29-23(28)20-9-4-12-30-20/h1-14,26H,(H,25,27)/b24-14+. The summed E-state index contributed by atoms with van der Waals surface area (Å²) < 4.78 is 5.34. The van der Waals surface area contributed by atoms with Crippen molar-refractivity contribution in [3.05, 3.63) is 94.2 Å². The highest BCUT2D eigenvalue weighted by Crippen LogP contribution is 2.28. The fraction of sp³-hybridized carbons (Fsp3) is 0. The summed E-state index contributed by atoms with van der Waals surface area (Å²) in [6, 6.07) is 20.8. The minimum atomic E-state index is -0.533. The number of ether oxygens (including phenoxy) is 1. The number of esters is 1. The summed E-state index contributed by atoms with van der Waals surface area (Å²) in [4.78, 5) is 24.9. The molecule has 6 nitrogen and oxygen atoms in total. The zero-order chi connectivity index (χ0) is 20.9. The molecule has 7 heteroatoms. The highest BCUT2D eigenvalue weighted by Gasteiger charge is 2.13. The number of phenolic OH excluding ortho intramolecular Hbond substituents is 1. The van der Waals surface area contributed by atoms with Gasteiger partial charge in [0.25, 0.3) is 5.91 Å². The van der Waals surface area contributed by atoms with Gasteiger partial charge < -0.3 is 9.84 Å². The number of amides is 1. The molecule has 0 unspecified atom stereocenters. The third-order valence-corrected chi connectivity index (χ3v) is 5.17. The number of hydrazone groups is 1. The Morgan fingerprint density at radius 1 is 1.00 bits per heavy atom. The number of nitrogens with zero attached hydrogens (tertiary/aromatic N) is 1. The maximum atomic E-state index is 12.4. The van der Waals surface area contributed by atoms with Crippen molar-refractivity contribution in [3.8, 4) is 11.5 Å². The van der Waals surface area contributed by atoms with Crippen LogP contribution in [0.3, 0.4) is 0 Å². The fourth-order valence-electron chi connectivity index (χ4n) is 2.87. The maximum absolute atomic E-state index is 12.4. The molecule has 148 valence electrons. The quantitative estimate of drug-likeness (QED) is 0.216. The van der Waals surface area contributed by atoms with Crippen LogP contribution in [0.15, 0.2) is 83.3 Å². The van der Waals surface area contributed by atoms with Gasteiger partial charge >= 0.3 is 5.97 Å². The average molecular weight is 416 g/mol. The molecule has 30 heavy (non-hydrogen) atoms. The van der Waals surface area contributed by atoms with E-state index in [2.05, 4.69) is 10.5 Å². The Labute approximate surface area is 176 Å². The first-order chi connectivity index (χ1) is 14.6. The third kappa shape index (κ3) is 4.21. The number of phenols is 1. The van der Waals surface area contributed by atoms with Crippen LogP contribution in [0.25, 0.3) is 10.8 Å². The minimum Gasteiger partial charge on any atom is -0.506 e. The van der Waals surface area contributed by atoms with Crippen LogP contribution >= 0.6 is 11.3 Å². The number of hydrogen-bond donors (Lipinski definition) is 2. The second-order valence-electron chi connectivity index (χ2n) is 6.32. The lowest BCUT2D eigenvalue weighted by Crippen LogP contribution is -2.17. The lowest BCUT2D eigenvalue weighted by molar-refractivity contribution is 0.0739. The molecule has 0 aliphatic carbocycles. The van der Waals surface area contributed by atoms with E-state index in [0.717, 1.165) is 5.39 Å². The third-order valence-electron chi connectivity index (χ3n) is 4.32. The summed E-state index contributed by atoms with van der Waals surface area (Å²) in [5, 5.41) is 17.5. The van der Waals surface area contributed by atoms with Crippen molar-refractivity contribution in [3.63, 3.8) is 0 Å². The van der Waals surface area contributed by atoms with E-state index in [1.54, 1.807) is 66.0 Å². The summed E-state index contributed by atoms with van der Waals surface area (Å²) in [6.07, 6.45) is 1.43. The molecule has 0 bridgehead atoms. The summed E-state index contributed by atoms with van der Waals surface area (Å²) in [6.45, 7) is 0. The molecule has 0 radical (unpaired) electrons. The number of hydrogen-bond acceptors (Lipinski definition) is 6. The molecule has 2 N–H and O–H groups in total. The molecule has 4 rings (SSSR count). The lowest BCUT2D eigenvalue weighted by atomic mass is 10.1. The van der Waals surface area contributed by atoms with E-state index in [0.29, 0.717) is 21.6 Å². The smallest absolute Gasteiger partial charge is 0.353 e. The van der Waals surface area contributed by atoms with Crippen molar-refractivity contribution in [1.82, 2.24) is 5.43 Å². The number of thiophene rings is 1. The molecular formula is C23H16N2O4S. The highest BCUT2D eigenvalue weighted by molar-refractivity contribution is 7.12. The molecule has 0 spiro atoms. The maximum Gasteiger partial charge on any atom is 0.353 e. The summed E-state index contributed by atoms with van der Waals surface area (Å²) in [5.74, 6) is -0.687. The van der Waals surface area contributed by atoms with Crippen LogP contribution in [0.1, 0.15) is 25.6 Å². The fourth-order valence-corrected chi connectivity index (χ4v) is 3.47. The Morgan fingerprint density at radius 3 is 2.70 bits per heavy atom. The van der Waals surface area contributed by atoms with E-state index < -0.39 is 11.9 Å². The number of carbonyl (C=O) groups excluding carboxylic acids is 2. The predicted molar refractivity (Wildman–Crippen MR) is 116 cm³/mol. The second-order valence-corrected chi connectivity index (χ2v) is 7.27. The molecule has 1 heterocycles. The van der Waals surface area contributed by atoms with E-state index in [1.165, 1.54) is 17.6 Å². The van der Waals surface area contributed by atoms with Crippen LogP contribution in [-0.4, -0.2) is 23.2 Å². The van der Waals surface area contributed by atoms with Crippen LogP contribution in [0, 0.1) is 0 Å². The van der Waals surface area contributed by atoms with E-state index in [9.17, 15) is 14.7 Å². The number of rotatable bonds is 5. The molecule has 1 amide bonds. The molecule has 0 saturated heterocycles. The summed E-state index contributed by atoms with van der Waals surface area (Å²) >= 11 is 1.30. The van der Waals surface area contributed by atoms with E-state index in [-0.39, 0.29) is 11.3 Å². The van der Waals surface area contributed by atoms with Crippen molar-refractivity contribution in [2.45, 2.75) is 0 Å². The Morgan fingerprint density at radius 2 is 1.87 bits per heavy atom. The minimum absolute atomic E-state index is 0.0942. The van der Waals surface area contributed by atoms with Crippen LogP contribution < -0.4 is 10.2 Å². The van der Waals surface area contributed by atoms with Gasteiger partial charge in [-0.25, -0.2) is 10.2 Å². The Hall–Kier alpha value is -3.97. The van der Waals surface area contributed by atoms with E-state index >= 15 is 0 Å². The number of aromatic hydroxyl groups is 1. The zero-order valence-corrected chi connectivity index (χ0v) is 16.4. The molecule has 0 atom stereocenters. The summed E-state index contributed by atoms with van der Waals surface area (Å²) in [7, 11) is 0. The van der Waals surface area contributed by atoms with E-state index in [4.69, 9.17) is 4.74 Å². The Kier molecular flexibility index (Phi) is 5.54. The van der Waals surface area contributed by atoms with Gasteiger partial charge in [0.05, 0.1) is 11.8 Å². The first-order valence-electron chi connectivity index (χ1n) is 9.02. The zero-order valence-electron chi connectivity index (χ0n) is 15.6. The van der Waals surface area contributed by atoms with Gasteiger partial charge in [0.15, 0.2) is 0 Å². The molecule has 0 saturated carbocycles. The second kappa shape index (κ2) is 8.59. The first-order valence-corrected chi connectivity index (χ1v) is 9.89. The van der Waals surface area contributed by atoms with Crippen molar-refractivity contribution < 1.29 is 19.4 Å². The number of fused-ring (bicyclic) bond motifs is 1. The van der Waals surface area contributed by atoms with Gasteiger partial charge in [0.1, 0.15) is 16.4 Å². The van der Waals surface area contributed by atoms with Gasteiger partial charge in [-0.05, 0) is 40.6 Å². The first kappa shape index (κ1) is 19.4. The van der Waals surface area contributed by atoms with Crippen LogP contribution in [0.5, 0.6) is 11.5 Å². The van der Waals surface area contributed by atoms with Crippen LogP contribution in [-0.2, 0) is 0 Å². The lowest BCUT2D eigenvalue weighted by Gasteiger charge is -2.06. The topological polar surface area (TPSA) is 88.0 Å². The number of nitrogens with one attached hydrogen (secondary N) is 1. The average Bonchev–Trinajstić information content (AvgIpc) is 3.30. The van der Waals surface area contributed by atoms with Gasteiger partial charge in [0, 0.05) is 5.39 Å². The Bertz CT molecular complexity index is 1250. The molecule has 0 fully saturated rings. The molecule has 4 aromatic rings. The summed E-state index contributed by atoms with van der Waals surface area (Å²) in [5.41, 5.74) is 3.16. The highest BCUT2D eigenvalue weighted by atomic mass is 32.1.